The van der Waals surface area contributed by atoms with Crippen molar-refractivity contribution in [1.82, 2.24) is 15.0 Å². The summed E-state index contributed by atoms with van der Waals surface area (Å²) < 4.78 is 5.15. The van der Waals surface area contributed by atoms with Crippen LogP contribution in [0.15, 0.2) is 0 Å². The third-order valence-corrected chi connectivity index (χ3v) is 3.52. The number of rotatable bonds is 10. The van der Waals surface area contributed by atoms with Crippen LogP contribution in [0.25, 0.3) is 0 Å². The summed E-state index contributed by atoms with van der Waals surface area (Å²) in [6, 6.07) is 0. The van der Waals surface area contributed by atoms with E-state index in [-0.39, 0.29) is 31.1 Å². The predicted octanol–water partition coefficient (Wildman–Crippen LogP) is -4.45. The Morgan fingerprint density at radius 3 is 1.00 bits per heavy atom. The van der Waals surface area contributed by atoms with Crippen molar-refractivity contribution in [2.45, 2.75) is 0 Å². The Labute approximate surface area is 150 Å². The second-order valence-corrected chi connectivity index (χ2v) is 5.85. The average Bonchev–Trinajstić information content (AvgIpc) is 2.62. The van der Waals surface area contributed by atoms with E-state index in [4.69, 9.17) is 52.6 Å². The Morgan fingerprint density at radius 2 is 0.808 bits per heavy atom. The van der Waals surface area contributed by atoms with Crippen LogP contribution < -0.4 is 17.2 Å². The number of hydrogen-bond acceptors (Lipinski definition) is 13. The van der Waals surface area contributed by atoms with Crippen LogP contribution in [0.5, 0.6) is 0 Å². The van der Waals surface area contributed by atoms with Gasteiger partial charge in [0.2, 0.25) is 17.8 Å². The van der Waals surface area contributed by atoms with Crippen LogP contribution in [-0.4, -0.2) is 98.4 Å². The van der Waals surface area contributed by atoms with Gasteiger partial charge >= 0.3 is 0 Å². The smallest absolute Gasteiger partial charge is 0.226 e. The summed E-state index contributed by atoms with van der Waals surface area (Å²) in [6.45, 7) is -3.01. The molecule has 0 unspecified atom stereocenters. The van der Waals surface area contributed by atoms with Crippen molar-refractivity contribution in [2.75, 3.05) is 70.1 Å². The van der Waals surface area contributed by atoms with Gasteiger partial charge in [-0.1, -0.05) is 0 Å². The van der Waals surface area contributed by atoms with Gasteiger partial charge in [0.1, 0.15) is 0 Å². The van der Waals surface area contributed by atoms with Gasteiger partial charge in [-0.3, -0.25) is 0 Å². The first kappa shape index (κ1) is 24.1. The van der Waals surface area contributed by atoms with E-state index >= 15 is 0 Å². The van der Waals surface area contributed by atoms with E-state index in [9.17, 15) is 0 Å². The Hall–Kier alpha value is -1.87. The molecule has 152 valence electrons. The molecular weight excluding hydrogens is 352 g/mol. The molecule has 0 saturated heterocycles. The minimum absolute atomic E-state index is 0.0417. The first-order valence-corrected chi connectivity index (χ1v) is 7.51. The molecule has 0 aliphatic carbocycles. The quantitative estimate of drug-likeness (QED) is 0.186. The van der Waals surface area contributed by atoms with Crippen molar-refractivity contribution in [2.24, 2.45) is 10.8 Å². The van der Waals surface area contributed by atoms with E-state index in [0.29, 0.717) is 0 Å². The van der Waals surface area contributed by atoms with Gasteiger partial charge in [-0.25, -0.2) is 0 Å². The van der Waals surface area contributed by atoms with Crippen LogP contribution in [0.2, 0.25) is 0 Å². The maximum Gasteiger partial charge on any atom is 0.226 e. The molecule has 12 N–H and O–H groups in total. The Bertz CT molecular complexity index is 427. The highest BCUT2D eigenvalue weighted by Crippen LogP contribution is 2.19. The molecule has 0 aliphatic heterocycles. The lowest BCUT2D eigenvalue weighted by Crippen LogP contribution is -2.43. The number of aliphatic hydroxyl groups excluding tert-OH is 6. The molecule has 0 aromatic carbocycles. The van der Waals surface area contributed by atoms with E-state index in [1.54, 1.807) is 0 Å². The molecule has 0 amide bonds. The fraction of sp³-hybridized carbons (Fsp3) is 0.769. The molecule has 13 nitrogen and oxygen atoms in total. The number of nitrogens with two attached hydrogens (primary N) is 3. The fourth-order valence-corrected chi connectivity index (χ4v) is 1.48. The van der Waals surface area contributed by atoms with Crippen LogP contribution in [0.1, 0.15) is 0 Å². The average molecular weight is 380 g/mol. The summed E-state index contributed by atoms with van der Waals surface area (Å²) in [4.78, 5) is 10.5. The zero-order chi connectivity index (χ0) is 20.2. The molecule has 1 rings (SSSR count). The molecule has 1 heterocycles. The molecule has 26 heavy (non-hydrogen) atoms. The molecule has 0 saturated carbocycles. The first-order valence-electron chi connectivity index (χ1n) is 7.51. The molecule has 1 aromatic heterocycles. The third-order valence-electron chi connectivity index (χ3n) is 3.52. The molecule has 13 heteroatoms. The lowest BCUT2D eigenvalue weighted by atomic mass is 9.91. The molecule has 0 radical (unpaired) electrons. The summed E-state index contributed by atoms with van der Waals surface area (Å²) in [5, 5.41) is 54.2. The van der Waals surface area contributed by atoms with Crippen LogP contribution in [0.3, 0.4) is 0 Å². The van der Waals surface area contributed by atoms with Crippen molar-refractivity contribution in [1.29, 1.82) is 0 Å². The van der Waals surface area contributed by atoms with Crippen LogP contribution >= 0.6 is 0 Å². The summed E-state index contributed by atoms with van der Waals surface area (Å²) in [5.41, 5.74) is 13.1. The second-order valence-electron chi connectivity index (χ2n) is 5.85. The molecule has 1 aromatic rings. The molecule has 0 spiro atoms. The molecular formula is C13H28N6O7. The van der Waals surface area contributed by atoms with Gasteiger partial charge in [0, 0.05) is 0 Å². The van der Waals surface area contributed by atoms with E-state index in [2.05, 4.69) is 15.0 Å². The lowest BCUT2D eigenvalue weighted by molar-refractivity contribution is -0.103. The van der Waals surface area contributed by atoms with Crippen molar-refractivity contribution >= 4 is 17.8 Å². The van der Waals surface area contributed by atoms with Gasteiger partial charge < -0.3 is 52.6 Å². The predicted molar refractivity (Wildman–Crippen MR) is 91.3 cm³/mol. The highest BCUT2D eigenvalue weighted by molar-refractivity contribution is 5.33. The van der Waals surface area contributed by atoms with Gasteiger partial charge in [0.05, 0.1) is 63.7 Å². The monoisotopic (exact) mass is 380 g/mol. The number of hydrogen-bond donors (Lipinski definition) is 9. The van der Waals surface area contributed by atoms with Crippen molar-refractivity contribution < 1.29 is 35.4 Å². The number of nitrogen functional groups attached to an aromatic ring is 3. The molecule has 0 aliphatic rings. The van der Waals surface area contributed by atoms with Crippen molar-refractivity contribution in [3.8, 4) is 0 Å². The minimum Gasteiger partial charge on any atom is -0.396 e. The molecule has 0 bridgehead atoms. The topological polar surface area (TPSA) is 247 Å². The summed E-state index contributed by atoms with van der Waals surface area (Å²) in [6.07, 6.45) is 0. The molecule has 0 atom stereocenters. The third kappa shape index (κ3) is 7.57. The summed E-state index contributed by atoms with van der Waals surface area (Å²) in [5.74, 6) is 0.125. The normalized spacial score (nSPS) is 11.8. The highest BCUT2D eigenvalue weighted by Gasteiger charge is 2.32. The zero-order valence-corrected chi connectivity index (χ0v) is 14.3. The van der Waals surface area contributed by atoms with E-state index in [1.165, 1.54) is 0 Å². The van der Waals surface area contributed by atoms with Crippen LogP contribution in [0.4, 0.5) is 17.8 Å². The fourth-order valence-electron chi connectivity index (χ4n) is 1.48. The zero-order valence-electron chi connectivity index (χ0n) is 14.3. The Balaban J connectivity index is 0.000000577. The first-order chi connectivity index (χ1) is 12.3. The maximum atomic E-state index is 9.03. The Kier molecular flexibility index (Phi) is 10.8. The van der Waals surface area contributed by atoms with Gasteiger partial charge in [-0.05, 0) is 0 Å². The standard InChI is InChI=1S/C10H22O7.C3H6N6/c11-1-9(2-12,3-13)7-17-8-10(4-14,5-15)6-16;4-1-7-2(5)9-3(6)8-1/h11-16H,1-8H2;(H6,4,5,6,7,8,9). The van der Waals surface area contributed by atoms with Crippen molar-refractivity contribution in [3.63, 3.8) is 0 Å². The largest absolute Gasteiger partial charge is 0.396 e. The lowest BCUT2D eigenvalue weighted by Gasteiger charge is -2.31. The van der Waals surface area contributed by atoms with Crippen LogP contribution in [0, 0.1) is 10.8 Å². The molecule has 0 fully saturated rings. The minimum atomic E-state index is -1.16. The SMILES string of the molecule is Nc1nc(N)nc(N)n1.OCC(CO)(CO)COCC(CO)(CO)CO. The van der Waals surface area contributed by atoms with E-state index in [0.717, 1.165) is 0 Å². The number of ether oxygens (including phenoxy) is 1. The number of nitrogens with zero attached hydrogens (tertiary/aromatic N) is 3. The van der Waals surface area contributed by atoms with E-state index in [1.807, 2.05) is 0 Å². The van der Waals surface area contributed by atoms with Gasteiger partial charge in [-0.15, -0.1) is 0 Å². The summed E-state index contributed by atoms with van der Waals surface area (Å²) in [7, 11) is 0. The maximum absolute atomic E-state index is 9.03. The van der Waals surface area contributed by atoms with Crippen molar-refractivity contribution in [3.05, 3.63) is 0 Å². The number of aromatic nitrogens is 3. The Morgan fingerprint density at radius 1 is 0.577 bits per heavy atom. The number of aliphatic hydroxyl groups is 6. The second kappa shape index (κ2) is 11.7. The van der Waals surface area contributed by atoms with Crippen LogP contribution in [-0.2, 0) is 4.74 Å². The van der Waals surface area contributed by atoms with Gasteiger partial charge in [-0.2, -0.15) is 15.0 Å². The van der Waals surface area contributed by atoms with Gasteiger partial charge in [0.25, 0.3) is 0 Å². The highest BCUT2D eigenvalue weighted by atomic mass is 16.5. The number of anilines is 3. The summed E-state index contributed by atoms with van der Waals surface area (Å²) >= 11 is 0. The van der Waals surface area contributed by atoms with Gasteiger partial charge in [0.15, 0.2) is 0 Å². The van der Waals surface area contributed by atoms with E-state index < -0.39 is 50.5 Å².